The fourth-order valence-electron chi connectivity index (χ4n) is 5.81. The third-order valence-corrected chi connectivity index (χ3v) is 8.83. The Morgan fingerprint density at radius 1 is 1.27 bits per heavy atom. The number of nitrogens with zero attached hydrogens (tertiary/aromatic N) is 2. The second-order valence-corrected chi connectivity index (χ2v) is 10.8. The van der Waals surface area contributed by atoms with Gasteiger partial charge in [-0.05, 0) is 45.1 Å². The number of aliphatic carboxylic acids is 1. The number of thioether (sulfide) groups is 1. The fourth-order valence-corrected chi connectivity index (χ4v) is 7.39. The van der Waals surface area contributed by atoms with Crippen LogP contribution >= 0.6 is 11.8 Å². The molecule has 0 aromatic rings. The van der Waals surface area contributed by atoms with Gasteiger partial charge < -0.3 is 25.3 Å². The lowest BCUT2D eigenvalue weighted by molar-refractivity contribution is -0.163. The quantitative estimate of drug-likeness (QED) is 0.498. The monoisotopic (exact) mass is 437 g/mol. The van der Waals surface area contributed by atoms with Crippen LogP contribution in [0.1, 0.15) is 46.5 Å². The van der Waals surface area contributed by atoms with Gasteiger partial charge in [0.1, 0.15) is 5.70 Å². The molecule has 1 aliphatic carbocycles. The van der Waals surface area contributed by atoms with E-state index in [2.05, 4.69) is 17.1 Å². The molecule has 1 amide bonds. The predicted molar refractivity (Wildman–Crippen MR) is 117 cm³/mol. The number of carboxylic acids is 1. The first-order valence-electron chi connectivity index (χ1n) is 11.4. The smallest absolute Gasteiger partial charge is 0.353 e. The SMILES string of the molecule is CCN[C@H]1CC[C@H](CN2CC(SC3=C(C(=O)O)N4C(=O)[C@H]([C@@H](C)O)[C@H]4[C@H]3C)C2)CC1. The minimum atomic E-state index is -1.03. The van der Waals surface area contributed by atoms with Crippen LogP contribution in [0.3, 0.4) is 0 Å². The summed E-state index contributed by atoms with van der Waals surface area (Å²) in [5, 5.41) is 23.7. The predicted octanol–water partition coefficient (Wildman–Crippen LogP) is 1.73. The van der Waals surface area contributed by atoms with E-state index in [1.807, 2.05) is 6.92 Å². The Balaban J connectivity index is 1.30. The minimum Gasteiger partial charge on any atom is -0.477 e. The van der Waals surface area contributed by atoms with Crippen molar-refractivity contribution in [2.45, 2.75) is 69.9 Å². The first-order valence-corrected chi connectivity index (χ1v) is 12.3. The molecule has 3 aliphatic heterocycles. The van der Waals surface area contributed by atoms with Crippen LogP contribution in [-0.2, 0) is 9.59 Å². The molecule has 30 heavy (non-hydrogen) atoms. The number of β-lactam (4-membered cyclic amide) rings is 1. The van der Waals surface area contributed by atoms with E-state index < -0.39 is 18.0 Å². The van der Waals surface area contributed by atoms with E-state index in [4.69, 9.17) is 0 Å². The summed E-state index contributed by atoms with van der Waals surface area (Å²) < 4.78 is 0. The minimum absolute atomic E-state index is 0.0335. The first kappa shape index (κ1) is 22.1. The summed E-state index contributed by atoms with van der Waals surface area (Å²) in [5.41, 5.74) is 0.152. The van der Waals surface area contributed by atoms with Gasteiger partial charge in [-0.2, -0.15) is 0 Å². The van der Waals surface area contributed by atoms with E-state index in [1.54, 1.807) is 18.7 Å². The van der Waals surface area contributed by atoms with Crippen LogP contribution in [0, 0.1) is 17.8 Å². The average molecular weight is 438 g/mol. The van der Waals surface area contributed by atoms with Crippen LogP contribution in [-0.4, -0.2) is 81.5 Å². The molecule has 0 spiro atoms. The lowest BCUT2D eigenvalue weighted by Crippen LogP contribution is -2.63. The molecule has 2 saturated heterocycles. The fraction of sp³-hybridized carbons (Fsp3) is 0.818. The Labute approximate surface area is 183 Å². The van der Waals surface area contributed by atoms with Gasteiger partial charge in [0.15, 0.2) is 0 Å². The van der Waals surface area contributed by atoms with E-state index in [0.29, 0.717) is 11.3 Å². The summed E-state index contributed by atoms with van der Waals surface area (Å²) >= 11 is 1.65. The number of likely N-dealkylation sites (tertiary alicyclic amines) is 1. The molecule has 0 bridgehead atoms. The number of fused-ring (bicyclic) bond motifs is 1. The third-order valence-electron chi connectivity index (χ3n) is 7.38. The summed E-state index contributed by atoms with van der Waals surface area (Å²) in [6.45, 7) is 9.95. The van der Waals surface area contributed by atoms with Crippen molar-refractivity contribution in [3.8, 4) is 0 Å². The number of carboxylic acid groups (broad SMARTS) is 1. The van der Waals surface area contributed by atoms with Gasteiger partial charge in [0.25, 0.3) is 0 Å². The maximum Gasteiger partial charge on any atom is 0.353 e. The molecule has 0 aromatic heterocycles. The zero-order valence-corrected chi connectivity index (χ0v) is 19.0. The van der Waals surface area contributed by atoms with Crippen molar-refractivity contribution in [1.82, 2.24) is 15.1 Å². The molecule has 0 radical (unpaired) electrons. The van der Waals surface area contributed by atoms with E-state index in [9.17, 15) is 19.8 Å². The molecule has 4 aliphatic rings. The summed E-state index contributed by atoms with van der Waals surface area (Å²) in [5.74, 6) is -1.02. The molecule has 3 fully saturated rings. The highest BCUT2D eigenvalue weighted by Gasteiger charge is 2.60. The molecular weight excluding hydrogens is 402 g/mol. The summed E-state index contributed by atoms with van der Waals surface area (Å²) in [6.07, 6.45) is 4.37. The van der Waals surface area contributed by atoms with Crippen molar-refractivity contribution in [2.24, 2.45) is 17.8 Å². The molecule has 4 rings (SSSR count). The highest BCUT2D eigenvalue weighted by atomic mass is 32.2. The Morgan fingerprint density at radius 2 is 1.93 bits per heavy atom. The average Bonchev–Trinajstić information content (AvgIpc) is 2.90. The lowest BCUT2D eigenvalue weighted by Gasteiger charge is -2.46. The topological polar surface area (TPSA) is 93.1 Å². The van der Waals surface area contributed by atoms with Crippen LogP contribution in [0.2, 0.25) is 0 Å². The zero-order chi connectivity index (χ0) is 21.6. The van der Waals surface area contributed by atoms with Gasteiger partial charge in [-0.15, -0.1) is 11.8 Å². The number of carbonyl (C=O) groups is 2. The normalized spacial score (nSPS) is 35.8. The molecule has 1 saturated carbocycles. The number of rotatable bonds is 8. The van der Waals surface area contributed by atoms with Crippen molar-refractivity contribution in [3.63, 3.8) is 0 Å². The van der Waals surface area contributed by atoms with E-state index in [0.717, 1.165) is 37.0 Å². The molecule has 8 heteroatoms. The molecular formula is C22H35N3O4S. The van der Waals surface area contributed by atoms with E-state index in [1.165, 1.54) is 30.6 Å². The molecule has 3 N–H and O–H groups in total. The Kier molecular flexibility index (Phi) is 6.49. The third kappa shape index (κ3) is 3.92. The maximum atomic E-state index is 12.4. The molecule has 168 valence electrons. The van der Waals surface area contributed by atoms with Crippen molar-refractivity contribution in [1.29, 1.82) is 0 Å². The van der Waals surface area contributed by atoms with Crippen LogP contribution in [0.4, 0.5) is 0 Å². The number of aliphatic hydroxyl groups excluding tert-OH is 1. The van der Waals surface area contributed by atoms with Gasteiger partial charge in [-0.25, -0.2) is 4.79 Å². The number of hydrogen-bond acceptors (Lipinski definition) is 6. The summed E-state index contributed by atoms with van der Waals surface area (Å²) in [6, 6.07) is 0.476. The number of amides is 1. The van der Waals surface area contributed by atoms with Crippen molar-refractivity contribution >= 4 is 23.6 Å². The molecule has 0 aromatic carbocycles. The van der Waals surface area contributed by atoms with Crippen molar-refractivity contribution in [3.05, 3.63) is 10.6 Å². The summed E-state index contributed by atoms with van der Waals surface area (Å²) in [7, 11) is 0. The van der Waals surface area contributed by atoms with Crippen LogP contribution in [0.25, 0.3) is 0 Å². The molecule has 3 heterocycles. The first-order chi connectivity index (χ1) is 14.3. The van der Waals surface area contributed by atoms with Crippen LogP contribution in [0.15, 0.2) is 10.6 Å². The molecule has 7 nitrogen and oxygen atoms in total. The molecule has 0 unspecified atom stereocenters. The van der Waals surface area contributed by atoms with Crippen LogP contribution in [0.5, 0.6) is 0 Å². The van der Waals surface area contributed by atoms with E-state index in [-0.39, 0.29) is 23.6 Å². The van der Waals surface area contributed by atoms with Crippen molar-refractivity contribution < 1.29 is 19.8 Å². The lowest BCUT2D eigenvalue weighted by atomic mass is 9.79. The highest BCUT2D eigenvalue weighted by molar-refractivity contribution is 8.03. The maximum absolute atomic E-state index is 12.4. The van der Waals surface area contributed by atoms with Gasteiger partial charge >= 0.3 is 5.97 Å². The van der Waals surface area contributed by atoms with Gasteiger partial charge in [-0.3, -0.25) is 4.79 Å². The number of hydrogen-bond donors (Lipinski definition) is 3. The van der Waals surface area contributed by atoms with E-state index >= 15 is 0 Å². The Morgan fingerprint density at radius 3 is 2.50 bits per heavy atom. The van der Waals surface area contributed by atoms with Gasteiger partial charge in [0, 0.05) is 41.7 Å². The Bertz CT molecular complexity index is 713. The van der Waals surface area contributed by atoms with Crippen molar-refractivity contribution in [2.75, 3.05) is 26.2 Å². The second-order valence-electron chi connectivity index (χ2n) is 9.51. The standard InChI is InChI=1S/C22H35N3O4S/c1-4-23-15-7-5-14(6-8-15)9-24-10-16(11-24)30-20-12(2)18-17(13(3)26)21(27)25(18)19(20)22(28)29/h12-18,23,26H,4-11H2,1-3H3,(H,28,29)/t12-,13-,14-,15-,17-,18-/m1/s1. The molecule has 4 atom stereocenters. The largest absolute Gasteiger partial charge is 0.477 e. The van der Waals surface area contributed by atoms with Crippen LogP contribution < -0.4 is 5.32 Å². The second kappa shape index (κ2) is 8.81. The van der Waals surface area contributed by atoms with Gasteiger partial charge in [0.2, 0.25) is 5.91 Å². The zero-order valence-electron chi connectivity index (χ0n) is 18.2. The number of carbonyl (C=O) groups excluding carboxylic acids is 1. The Hall–Kier alpha value is -1.09. The van der Waals surface area contributed by atoms with Gasteiger partial charge in [0.05, 0.1) is 18.1 Å². The highest BCUT2D eigenvalue weighted by Crippen LogP contribution is 2.52. The number of aliphatic hydroxyl groups is 1. The number of nitrogens with one attached hydrogen (secondary N) is 1. The summed E-state index contributed by atoms with van der Waals surface area (Å²) in [4.78, 5) is 29.1. The van der Waals surface area contributed by atoms with Gasteiger partial charge in [-0.1, -0.05) is 13.8 Å².